The fourth-order valence-corrected chi connectivity index (χ4v) is 1.82. The topological polar surface area (TPSA) is 53.0 Å². The molecular weight excluding hydrogens is 241 g/mol. The van der Waals surface area contributed by atoms with Crippen LogP contribution in [0.3, 0.4) is 0 Å². The number of nitriles is 1. The lowest BCUT2D eigenvalue weighted by Gasteiger charge is -2.20. The van der Waals surface area contributed by atoms with Crippen LogP contribution in [0.4, 0.5) is 15.8 Å². The number of halogens is 1. The van der Waals surface area contributed by atoms with Crippen molar-refractivity contribution in [2.24, 2.45) is 0 Å². The number of nitrogens with zero attached hydrogens (tertiary/aromatic N) is 2. The van der Waals surface area contributed by atoms with Crippen LogP contribution in [0.1, 0.15) is 11.1 Å². The van der Waals surface area contributed by atoms with E-state index in [0.29, 0.717) is 23.4 Å². The number of benzene rings is 2. The molecule has 0 heterocycles. The summed E-state index contributed by atoms with van der Waals surface area (Å²) in [6, 6.07) is 13.8. The van der Waals surface area contributed by atoms with Crippen LogP contribution in [0.5, 0.6) is 0 Å². The van der Waals surface area contributed by atoms with Crippen molar-refractivity contribution in [2.45, 2.75) is 6.54 Å². The molecule has 0 bridgehead atoms. The monoisotopic (exact) mass is 255 g/mol. The molecule has 0 amide bonds. The van der Waals surface area contributed by atoms with Crippen molar-refractivity contribution in [3.05, 3.63) is 59.4 Å². The Labute approximate surface area is 111 Å². The number of nitrogens with two attached hydrogens (primary N) is 1. The average Bonchev–Trinajstić information content (AvgIpc) is 2.41. The molecule has 0 aliphatic heterocycles. The minimum Gasteiger partial charge on any atom is -0.399 e. The zero-order chi connectivity index (χ0) is 13.8. The molecule has 0 saturated carbocycles. The minimum atomic E-state index is -0.360. The fourth-order valence-electron chi connectivity index (χ4n) is 1.82. The van der Waals surface area contributed by atoms with E-state index in [2.05, 4.69) is 0 Å². The van der Waals surface area contributed by atoms with Crippen molar-refractivity contribution in [3.8, 4) is 6.07 Å². The quantitative estimate of drug-likeness (QED) is 0.858. The molecule has 96 valence electrons. The largest absolute Gasteiger partial charge is 0.399 e. The molecular formula is C15H14FN3. The number of nitrogen functional groups attached to an aromatic ring is 1. The number of hydrogen-bond acceptors (Lipinski definition) is 3. The van der Waals surface area contributed by atoms with Gasteiger partial charge in [-0.3, -0.25) is 0 Å². The van der Waals surface area contributed by atoms with Crippen LogP contribution < -0.4 is 10.6 Å². The summed E-state index contributed by atoms with van der Waals surface area (Å²) in [4.78, 5) is 1.92. The molecule has 0 saturated heterocycles. The van der Waals surface area contributed by atoms with E-state index in [9.17, 15) is 4.39 Å². The molecule has 2 aromatic carbocycles. The highest BCUT2D eigenvalue weighted by molar-refractivity contribution is 5.53. The second-order valence-corrected chi connectivity index (χ2v) is 4.37. The second kappa shape index (κ2) is 5.40. The van der Waals surface area contributed by atoms with Crippen molar-refractivity contribution in [3.63, 3.8) is 0 Å². The molecule has 0 aliphatic rings. The second-order valence-electron chi connectivity index (χ2n) is 4.37. The third-order valence-corrected chi connectivity index (χ3v) is 2.92. The van der Waals surface area contributed by atoms with E-state index in [4.69, 9.17) is 11.0 Å². The van der Waals surface area contributed by atoms with E-state index in [0.717, 1.165) is 5.69 Å². The standard InChI is InChI=1S/C15H14FN3/c1-19(14-6-4-13(18)5-7-14)10-12-3-2-11(9-17)8-15(12)16/h2-8H,10,18H2,1H3. The number of anilines is 2. The van der Waals surface area contributed by atoms with E-state index in [-0.39, 0.29) is 5.82 Å². The van der Waals surface area contributed by atoms with Crippen molar-refractivity contribution in [1.82, 2.24) is 0 Å². The van der Waals surface area contributed by atoms with E-state index < -0.39 is 0 Å². The van der Waals surface area contributed by atoms with Crippen molar-refractivity contribution in [1.29, 1.82) is 5.26 Å². The number of hydrogen-bond donors (Lipinski definition) is 1. The van der Waals surface area contributed by atoms with E-state index in [1.54, 1.807) is 24.3 Å². The molecule has 0 aliphatic carbocycles. The molecule has 0 unspecified atom stereocenters. The summed E-state index contributed by atoms with van der Waals surface area (Å²) in [5.41, 5.74) is 8.16. The van der Waals surface area contributed by atoms with Crippen LogP contribution in [-0.2, 0) is 6.54 Å². The van der Waals surface area contributed by atoms with Crippen LogP contribution in [0.25, 0.3) is 0 Å². The Balaban J connectivity index is 2.17. The van der Waals surface area contributed by atoms with Crippen LogP contribution in [0, 0.1) is 17.1 Å². The molecule has 2 rings (SSSR count). The molecule has 0 fully saturated rings. The zero-order valence-electron chi connectivity index (χ0n) is 10.6. The van der Waals surface area contributed by atoms with Gasteiger partial charge >= 0.3 is 0 Å². The molecule has 0 spiro atoms. The van der Waals surface area contributed by atoms with Gasteiger partial charge in [-0.25, -0.2) is 4.39 Å². The predicted octanol–water partition coefficient (Wildman–Crippen LogP) is 2.92. The highest BCUT2D eigenvalue weighted by Crippen LogP contribution is 2.19. The average molecular weight is 255 g/mol. The van der Waals surface area contributed by atoms with Crippen molar-refractivity contribution >= 4 is 11.4 Å². The maximum Gasteiger partial charge on any atom is 0.129 e. The Morgan fingerprint density at radius 3 is 2.47 bits per heavy atom. The lowest BCUT2D eigenvalue weighted by atomic mass is 10.1. The SMILES string of the molecule is CN(Cc1ccc(C#N)cc1F)c1ccc(N)cc1. The first kappa shape index (κ1) is 12.9. The Kier molecular flexibility index (Phi) is 3.67. The van der Waals surface area contributed by atoms with Gasteiger partial charge in [0.1, 0.15) is 5.82 Å². The fraction of sp³-hybridized carbons (Fsp3) is 0.133. The highest BCUT2D eigenvalue weighted by Gasteiger charge is 2.07. The molecule has 2 N–H and O–H groups in total. The Morgan fingerprint density at radius 2 is 1.89 bits per heavy atom. The zero-order valence-corrected chi connectivity index (χ0v) is 10.6. The van der Waals surface area contributed by atoms with Gasteiger partial charge in [0.05, 0.1) is 11.6 Å². The predicted molar refractivity (Wildman–Crippen MR) is 74.1 cm³/mol. The molecule has 0 radical (unpaired) electrons. The molecule has 0 aromatic heterocycles. The van der Waals surface area contributed by atoms with Gasteiger partial charge in [-0.05, 0) is 36.4 Å². The maximum atomic E-state index is 13.8. The highest BCUT2D eigenvalue weighted by atomic mass is 19.1. The first-order valence-corrected chi connectivity index (χ1v) is 5.85. The Morgan fingerprint density at radius 1 is 1.21 bits per heavy atom. The van der Waals surface area contributed by atoms with Gasteiger partial charge in [-0.2, -0.15) is 5.26 Å². The van der Waals surface area contributed by atoms with Gasteiger partial charge in [0.2, 0.25) is 0 Å². The van der Waals surface area contributed by atoms with Crippen LogP contribution >= 0.6 is 0 Å². The van der Waals surface area contributed by atoms with E-state index in [1.165, 1.54) is 6.07 Å². The summed E-state index contributed by atoms with van der Waals surface area (Å²) < 4.78 is 13.8. The lowest BCUT2D eigenvalue weighted by molar-refractivity contribution is 0.607. The third kappa shape index (κ3) is 3.02. The summed E-state index contributed by atoms with van der Waals surface area (Å²) in [7, 11) is 1.88. The van der Waals surface area contributed by atoms with Crippen molar-refractivity contribution < 1.29 is 4.39 Å². The van der Waals surface area contributed by atoms with Gasteiger partial charge in [0.15, 0.2) is 0 Å². The Bertz CT molecular complexity index is 614. The summed E-state index contributed by atoms with van der Waals surface area (Å²) in [5, 5.41) is 8.70. The maximum absolute atomic E-state index is 13.8. The van der Waals surface area contributed by atoms with Crippen LogP contribution in [0.15, 0.2) is 42.5 Å². The van der Waals surface area contributed by atoms with Gasteiger partial charge in [-0.15, -0.1) is 0 Å². The molecule has 2 aromatic rings. The van der Waals surface area contributed by atoms with E-state index >= 15 is 0 Å². The molecule has 0 atom stereocenters. The summed E-state index contributed by atoms with van der Waals surface area (Å²) in [5.74, 6) is -0.360. The Hall–Kier alpha value is -2.54. The van der Waals surface area contributed by atoms with Gasteiger partial charge in [0, 0.05) is 30.5 Å². The van der Waals surface area contributed by atoms with Crippen molar-refractivity contribution in [2.75, 3.05) is 17.7 Å². The third-order valence-electron chi connectivity index (χ3n) is 2.92. The number of rotatable bonds is 3. The van der Waals surface area contributed by atoms with Crippen LogP contribution in [-0.4, -0.2) is 7.05 Å². The van der Waals surface area contributed by atoms with Gasteiger partial charge < -0.3 is 10.6 Å². The minimum absolute atomic E-state index is 0.330. The summed E-state index contributed by atoms with van der Waals surface area (Å²) in [6.45, 7) is 0.432. The normalized spacial score (nSPS) is 9.95. The van der Waals surface area contributed by atoms with Gasteiger partial charge in [-0.1, -0.05) is 6.07 Å². The lowest BCUT2D eigenvalue weighted by Crippen LogP contribution is -2.17. The van der Waals surface area contributed by atoms with Crippen LogP contribution in [0.2, 0.25) is 0 Å². The molecule has 19 heavy (non-hydrogen) atoms. The smallest absolute Gasteiger partial charge is 0.129 e. The first-order valence-electron chi connectivity index (χ1n) is 5.85. The van der Waals surface area contributed by atoms with E-state index in [1.807, 2.05) is 30.1 Å². The summed E-state index contributed by atoms with van der Waals surface area (Å²) >= 11 is 0. The summed E-state index contributed by atoms with van der Waals surface area (Å²) in [6.07, 6.45) is 0. The van der Waals surface area contributed by atoms with Gasteiger partial charge in [0.25, 0.3) is 0 Å². The molecule has 3 nitrogen and oxygen atoms in total. The molecule has 4 heteroatoms. The first-order chi connectivity index (χ1) is 9.10.